The van der Waals surface area contributed by atoms with Crippen molar-refractivity contribution in [2.75, 3.05) is 30.4 Å². The molecule has 19 heavy (non-hydrogen) atoms. The van der Waals surface area contributed by atoms with Crippen molar-refractivity contribution in [3.63, 3.8) is 0 Å². The summed E-state index contributed by atoms with van der Waals surface area (Å²) in [6.07, 6.45) is 0. The summed E-state index contributed by atoms with van der Waals surface area (Å²) in [5.41, 5.74) is 2.05. The molecule has 5 heteroatoms. The number of hydrogen-bond donors (Lipinski definition) is 2. The summed E-state index contributed by atoms with van der Waals surface area (Å²) in [7, 11) is 1.89. The van der Waals surface area contributed by atoms with E-state index >= 15 is 0 Å². The van der Waals surface area contributed by atoms with E-state index in [0.717, 1.165) is 17.9 Å². The van der Waals surface area contributed by atoms with E-state index in [-0.39, 0.29) is 11.4 Å². The molecule has 1 aliphatic heterocycles. The highest BCUT2D eigenvalue weighted by Crippen LogP contribution is 2.34. The minimum Gasteiger partial charge on any atom is -0.354 e. The first-order chi connectivity index (χ1) is 8.97. The van der Waals surface area contributed by atoms with Crippen LogP contribution in [0.25, 0.3) is 0 Å². The number of nitrogens with zero attached hydrogens (tertiary/aromatic N) is 2. The van der Waals surface area contributed by atoms with Crippen LogP contribution in [-0.4, -0.2) is 31.6 Å². The van der Waals surface area contributed by atoms with Crippen LogP contribution in [0.4, 0.5) is 11.4 Å². The molecule has 100 valence electrons. The number of nitriles is 1. The summed E-state index contributed by atoms with van der Waals surface area (Å²) < 4.78 is 0. The number of rotatable bonds is 3. The number of benzene rings is 1. The second kappa shape index (κ2) is 4.90. The molecule has 1 aromatic carbocycles. The Morgan fingerprint density at radius 3 is 2.89 bits per heavy atom. The van der Waals surface area contributed by atoms with E-state index in [1.165, 1.54) is 0 Å². The van der Waals surface area contributed by atoms with Crippen LogP contribution in [0.5, 0.6) is 0 Å². The molecule has 0 fully saturated rings. The normalized spacial score (nSPS) is 14.6. The molecule has 0 bridgehead atoms. The molecular formula is C14H18N4O. The summed E-state index contributed by atoms with van der Waals surface area (Å²) in [4.78, 5) is 13.8. The van der Waals surface area contributed by atoms with Crippen molar-refractivity contribution in [2.45, 2.75) is 19.4 Å². The van der Waals surface area contributed by atoms with Gasteiger partial charge in [0.15, 0.2) is 0 Å². The third kappa shape index (κ3) is 2.54. The number of amides is 1. The number of carbonyl (C=O) groups excluding carboxylic acids is 1. The molecule has 0 saturated heterocycles. The van der Waals surface area contributed by atoms with Gasteiger partial charge in [-0.1, -0.05) is 0 Å². The lowest BCUT2D eigenvalue weighted by molar-refractivity contribution is -0.115. The highest BCUT2D eigenvalue weighted by atomic mass is 16.2. The molecule has 1 aromatic rings. The fraction of sp³-hybridized carbons (Fsp3) is 0.429. The van der Waals surface area contributed by atoms with E-state index in [0.29, 0.717) is 12.1 Å². The highest BCUT2D eigenvalue weighted by Gasteiger charge is 2.33. The van der Waals surface area contributed by atoms with E-state index in [1.54, 1.807) is 12.1 Å². The molecule has 0 saturated carbocycles. The molecule has 1 aliphatic rings. The minimum atomic E-state index is -0.213. The fourth-order valence-corrected chi connectivity index (χ4v) is 2.42. The zero-order valence-corrected chi connectivity index (χ0v) is 11.4. The van der Waals surface area contributed by atoms with E-state index < -0.39 is 0 Å². The van der Waals surface area contributed by atoms with Crippen molar-refractivity contribution in [2.24, 2.45) is 0 Å². The van der Waals surface area contributed by atoms with Crippen LogP contribution in [0.3, 0.4) is 0 Å². The maximum Gasteiger partial charge on any atom is 0.243 e. The molecule has 5 nitrogen and oxygen atoms in total. The number of hydrogen-bond acceptors (Lipinski definition) is 4. The minimum absolute atomic E-state index is 0.0265. The van der Waals surface area contributed by atoms with Crippen molar-refractivity contribution < 1.29 is 4.79 Å². The predicted molar refractivity (Wildman–Crippen MR) is 75.1 cm³/mol. The summed E-state index contributed by atoms with van der Waals surface area (Å²) in [6, 6.07) is 7.46. The van der Waals surface area contributed by atoms with Crippen molar-refractivity contribution in [3.05, 3.63) is 23.8 Å². The molecule has 0 radical (unpaired) electrons. The maximum absolute atomic E-state index is 11.8. The molecule has 0 atom stereocenters. The average Bonchev–Trinajstić information content (AvgIpc) is 2.37. The molecule has 0 unspecified atom stereocenters. The molecule has 0 aromatic heterocycles. The lowest BCUT2D eigenvalue weighted by atomic mass is 9.98. The predicted octanol–water partition coefficient (Wildman–Crippen LogP) is 1.31. The monoisotopic (exact) mass is 258 g/mol. The molecule has 0 spiro atoms. The number of fused-ring (bicyclic) bond motifs is 1. The first-order valence-corrected chi connectivity index (χ1v) is 6.24. The van der Waals surface area contributed by atoms with Gasteiger partial charge in [-0.3, -0.25) is 4.79 Å². The van der Waals surface area contributed by atoms with Crippen LogP contribution in [0.15, 0.2) is 18.2 Å². The van der Waals surface area contributed by atoms with E-state index in [9.17, 15) is 4.79 Å². The standard InChI is InChI=1S/C14H18N4O/c1-14(2,9-16-3)18-8-13(19)17-11-5-4-10(7-15)6-12(11)18/h4-6,16H,8-9H2,1-3H3,(H,17,19). The Bertz CT molecular complexity index is 545. The third-order valence-electron chi connectivity index (χ3n) is 3.33. The number of nitrogens with one attached hydrogen (secondary N) is 2. The van der Waals surface area contributed by atoms with Crippen LogP contribution < -0.4 is 15.5 Å². The maximum atomic E-state index is 11.8. The topological polar surface area (TPSA) is 68.2 Å². The highest BCUT2D eigenvalue weighted by molar-refractivity contribution is 6.01. The Balaban J connectivity index is 2.48. The molecule has 2 rings (SSSR count). The van der Waals surface area contributed by atoms with Crippen molar-refractivity contribution in [1.82, 2.24) is 5.32 Å². The third-order valence-corrected chi connectivity index (χ3v) is 3.33. The SMILES string of the molecule is CNCC(C)(C)N1CC(=O)Nc2ccc(C#N)cc21. The van der Waals surface area contributed by atoms with Crippen molar-refractivity contribution in [1.29, 1.82) is 5.26 Å². The zero-order chi connectivity index (χ0) is 14.0. The average molecular weight is 258 g/mol. The first-order valence-electron chi connectivity index (χ1n) is 6.24. The summed E-state index contributed by atoms with van der Waals surface area (Å²) in [5, 5.41) is 15.0. The van der Waals surface area contributed by atoms with E-state index in [2.05, 4.69) is 30.6 Å². The molecular weight excluding hydrogens is 240 g/mol. The Kier molecular flexibility index (Phi) is 3.45. The van der Waals surface area contributed by atoms with Gasteiger partial charge in [-0.05, 0) is 39.1 Å². The second-order valence-corrected chi connectivity index (χ2v) is 5.32. The van der Waals surface area contributed by atoms with Crippen LogP contribution in [0.1, 0.15) is 19.4 Å². The Morgan fingerprint density at radius 1 is 1.53 bits per heavy atom. The quantitative estimate of drug-likeness (QED) is 0.858. The lowest BCUT2D eigenvalue weighted by Crippen LogP contribution is -2.55. The molecule has 0 aliphatic carbocycles. The Labute approximate surface area is 113 Å². The van der Waals surface area contributed by atoms with Crippen LogP contribution >= 0.6 is 0 Å². The van der Waals surface area contributed by atoms with Gasteiger partial charge in [-0.25, -0.2) is 0 Å². The van der Waals surface area contributed by atoms with Crippen molar-refractivity contribution >= 4 is 17.3 Å². The van der Waals surface area contributed by atoms with Crippen LogP contribution in [-0.2, 0) is 4.79 Å². The van der Waals surface area contributed by atoms with Crippen LogP contribution in [0.2, 0.25) is 0 Å². The van der Waals surface area contributed by atoms with Crippen LogP contribution in [0, 0.1) is 11.3 Å². The Morgan fingerprint density at radius 2 is 2.26 bits per heavy atom. The van der Waals surface area contributed by atoms with Gasteiger partial charge in [0.2, 0.25) is 5.91 Å². The smallest absolute Gasteiger partial charge is 0.243 e. The van der Waals surface area contributed by atoms with Gasteiger partial charge in [-0.2, -0.15) is 5.26 Å². The van der Waals surface area contributed by atoms with Gasteiger partial charge in [0.25, 0.3) is 0 Å². The Hall–Kier alpha value is -2.06. The van der Waals surface area contributed by atoms with E-state index in [1.807, 2.05) is 18.0 Å². The summed E-state index contributed by atoms with van der Waals surface area (Å²) >= 11 is 0. The lowest BCUT2D eigenvalue weighted by Gasteiger charge is -2.43. The number of anilines is 2. The number of carbonyl (C=O) groups is 1. The molecule has 1 amide bonds. The van der Waals surface area contributed by atoms with Gasteiger partial charge in [0.1, 0.15) is 0 Å². The van der Waals surface area contributed by atoms with Gasteiger partial charge < -0.3 is 15.5 Å². The summed E-state index contributed by atoms with van der Waals surface area (Å²) in [6.45, 7) is 5.20. The zero-order valence-electron chi connectivity index (χ0n) is 11.4. The van der Waals surface area contributed by atoms with E-state index in [4.69, 9.17) is 5.26 Å². The van der Waals surface area contributed by atoms with Gasteiger partial charge >= 0.3 is 0 Å². The first kappa shape index (κ1) is 13.4. The van der Waals surface area contributed by atoms with Gasteiger partial charge in [0.05, 0.1) is 29.6 Å². The largest absolute Gasteiger partial charge is 0.354 e. The van der Waals surface area contributed by atoms with Gasteiger partial charge in [-0.15, -0.1) is 0 Å². The van der Waals surface area contributed by atoms with Crippen molar-refractivity contribution in [3.8, 4) is 6.07 Å². The van der Waals surface area contributed by atoms with Gasteiger partial charge in [0, 0.05) is 12.1 Å². The fourth-order valence-electron chi connectivity index (χ4n) is 2.42. The summed E-state index contributed by atoms with van der Waals surface area (Å²) in [5.74, 6) is -0.0265. The molecule has 2 N–H and O–H groups in total. The second-order valence-electron chi connectivity index (χ2n) is 5.32. The number of likely N-dealkylation sites (N-methyl/N-ethyl adjacent to an activating group) is 1. The molecule has 1 heterocycles.